The van der Waals surface area contributed by atoms with Crippen molar-refractivity contribution in [2.75, 3.05) is 27.2 Å². The zero-order valence-corrected chi connectivity index (χ0v) is 19.1. The van der Waals surface area contributed by atoms with Crippen molar-refractivity contribution < 1.29 is 14.3 Å². The number of pyridine rings is 1. The van der Waals surface area contributed by atoms with Crippen molar-refractivity contribution >= 4 is 11.8 Å². The number of aromatic nitrogens is 1. The van der Waals surface area contributed by atoms with Crippen molar-refractivity contribution in [2.24, 2.45) is 0 Å². The minimum Gasteiger partial charge on any atom is -0.497 e. The van der Waals surface area contributed by atoms with Crippen LogP contribution < -0.4 is 4.74 Å². The smallest absolute Gasteiger partial charge is 0.245 e. The van der Waals surface area contributed by atoms with Gasteiger partial charge in [0, 0.05) is 45.4 Å². The third kappa shape index (κ3) is 5.40. The largest absolute Gasteiger partial charge is 0.497 e. The summed E-state index contributed by atoms with van der Waals surface area (Å²) in [5.74, 6) is 0.801. The van der Waals surface area contributed by atoms with Gasteiger partial charge < -0.3 is 14.5 Å². The molecule has 6 nitrogen and oxygen atoms in total. The van der Waals surface area contributed by atoms with E-state index < -0.39 is 6.04 Å². The summed E-state index contributed by atoms with van der Waals surface area (Å²) < 4.78 is 5.20. The summed E-state index contributed by atoms with van der Waals surface area (Å²) in [5.41, 5.74) is 4.18. The van der Waals surface area contributed by atoms with Gasteiger partial charge in [0.2, 0.25) is 11.8 Å². The fraction of sp³-hybridized carbons (Fsp3) is 0.296. The molecule has 0 saturated carbocycles. The highest BCUT2D eigenvalue weighted by atomic mass is 16.5. The van der Waals surface area contributed by atoms with Gasteiger partial charge in [0.1, 0.15) is 11.8 Å². The molecule has 1 aliphatic heterocycles. The molecule has 2 amide bonds. The maximum absolute atomic E-state index is 13.2. The first kappa shape index (κ1) is 22.5. The van der Waals surface area contributed by atoms with E-state index in [9.17, 15) is 9.59 Å². The molecule has 1 aliphatic rings. The van der Waals surface area contributed by atoms with E-state index in [1.807, 2.05) is 60.8 Å². The van der Waals surface area contributed by atoms with Crippen molar-refractivity contribution in [2.45, 2.75) is 25.3 Å². The maximum Gasteiger partial charge on any atom is 0.245 e. The lowest BCUT2D eigenvalue weighted by atomic mass is 9.97. The summed E-state index contributed by atoms with van der Waals surface area (Å²) >= 11 is 0. The van der Waals surface area contributed by atoms with Gasteiger partial charge in [-0.25, -0.2) is 0 Å². The predicted octanol–water partition coefficient (Wildman–Crippen LogP) is 3.60. The third-order valence-corrected chi connectivity index (χ3v) is 6.17. The van der Waals surface area contributed by atoms with Crippen LogP contribution in [0.1, 0.15) is 17.5 Å². The first-order chi connectivity index (χ1) is 16.0. The molecule has 0 bridgehead atoms. The Kier molecular flexibility index (Phi) is 7.03. The molecule has 6 heteroatoms. The summed E-state index contributed by atoms with van der Waals surface area (Å²) in [4.78, 5) is 33.9. The number of nitrogens with zero attached hydrogens (tertiary/aromatic N) is 3. The Morgan fingerprint density at radius 1 is 1.03 bits per heavy atom. The highest BCUT2D eigenvalue weighted by molar-refractivity contribution is 5.89. The second-order valence-corrected chi connectivity index (χ2v) is 8.36. The minimum absolute atomic E-state index is 0.00849. The number of methoxy groups -OCH3 is 1. The van der Waals surface area contributed by atoms with Crippen molar-refractivity contribution in [3.8, 4) is 16.9 Å². The Bertz CT molecular complexity index is 1100. The fourth-order valence-corrected chi connectivity index (χ4v) is 4.23. The third-order valence-electron chi connectivity index (χ3n) is 6.17. The average Bonchev–Trinajstić information content (AvgIpc) is 2.86. The van der Waals surface area contributed by atoms with Crippen LogP contribution in [0.2, 0.25) is 0 Å². The van der Waals surface area contributed by atoms with Crippen LogP contribution in [0.15, 0.2) is 73.1 Å². The first-order valence-corrected chi connectivity index (χ1v) is 11.2. The molecule has 4 rings (SSSR count). The summed E-state index contributed by atoms with van der Waals surface area (Å²) in [7, 11) is 3.44. The van der Waals surface area contributed by atoms with Crippen LogP contribution in [-0.4, -0.2) is 59.9 Å². The molecule has 33 heavy (non-hydrogen) atoms. The number of ether oxygens (including phenoxy) is 1. The normalized spacial score (nSPS) is 16.1. The van der Waals surface area contributed by atoms with Crippen LogP contribution in [0.3, 0.4) is 0 Å². The van der Waals surface area contributed by atoms with E-state index in [-0.39, 0.29) is 11.8 Å². The van der Waals surface area contributed by atoms with E-state index >= 15 is 0 Å². The van der Waals surface area contributed by atoms with Crippen LogP contribution in [-0.2, 0) is 22.4 Å². The molecule has 1 atom stereocenters. The van der Waals surface area contributed by atoms with Crippen LogP contribution in [0.25, 0.3) is 11.1 Å². The van der Waals surface area contributed by atoms with E-state index in [1.165, 1.54) is 0 Å². The van der Waals surface area contributed by atoms with Gasteiger partial charge in [-0.05, 0) is 46.9 Å². The zero-order valence-electron chi connectivity index (χ0n) is 19.1. The van der Waals surface area contributed by atoms with Crippen molar-refractivity contribution in [1.82, 2.24) is 14.8 Å². The molecule has 1 saturated heterocycles. The van der Waals surface area contributed by atoms with Crippen LogP contribution in [0.4, 0.5) is 0 Å². The van der Waals surface area contributed by atoms with Gasteiger partial charge in [-0.2, -0.15) is 0 Å². The lowest BCUT2D eigenvalue weighted by molar-refractivity contribution is -0.150. The molecular formula is C27H29N3O3. The summed E-state index contributed by atoms with van der Waals surface area (Å²) in [6.07, 6.45) is 5.07. The number of hydrogen-bond acceptors (Lipinski definition) is 4. The van der Waals surface area contributed by atoms with Crippen molar-refractivity contribution in [1.29, 1.82) is 0 Å². The fourth-order valence-electron chi connectivity index (χ4n) is 4.23. The number of rotatable bonds is 7. The number of aryl methyl sites for hydroxylation is 1. The van der Waals surface area contributed by atoms with E-state index in [2.05, 4.69) is 11.1 Å². The standard InChI is InChI=1S/C27H29N3O3/c1-29-15-16-30(26(31)13-10-20-8-11-24(33-2)12-9-20)25(27(29)32)18-21-5-3-6-22(17-21)23-7-4-14-28-19-23/h3-9,11-12,14,17,19,25H,10,13,15-16,18H2,1-2H3/t25-/m0/s1. The Hall–Kier alpha value is -3.67. The number of amides is 2. The van der Waals surface area contributed by atoms with E-state index in [0.717, 1.165) is 28.0 Å². The molecule has 2 heterocycles. The molecular weight excluding hydrogens is 414 g/mol. The molecule has 1 aromatic heterocycles. The Morgan fingerprint density at radius 3 is 2.55 bits per heavy atom. The predicted molar refractivity (Wildman–Crippen MR) is 128 cm³/mol. The summed E-state index contributed by atoms with van der Waals surface area (Å²) in [6.45, 7) is 1.11. The van der Waals surface area contributed by atoms with Crippen molar-refractivity contribution in [3.63, 3.8) is 0 Å². The van der Waals surface area contributed by atoms with Gasteiger partial charge in [0.05, 0.1) is 7.11 Å². The quantitative estimate of drug-likeness (QED) is 0.560. The van der Waals surface area contributed by atoms with Gasteiger partial charge in [0.25, 0.3) is 0 Å². The number of hydrogen-bond donors (Lipinski definition) is 0. The first-order valence-electron chi connectivity index (χ1n) is 11.2. The van der Waals surface area contributed by atoms with E-state index in [1.54, 1.807) is 30.2 Å². The number of carbonyl (C=O) groups excluding carboxylic acids is 2. The number of benzene rings is 2. The molecule has 170 valence electrons. The maximum atomic E-state index is 13.2. The molecule has 1 fully saturated rings. The molecule has 2 aromatic carbocycles. The number of likely N-dealkylation sites (N-methyl/N-ethyl adjacent to an activating group) is 1. The molecule has 0 N–H and O–H groups in total. The van der Waals surface area contributed by atoms with Crippen LogP contribution in [0, 0.1) is 0 Å². The number of carbonyl (C=O) groups is 2. The second-order valence-electron chi connectivity index (χ2n) is 8.36. The minimum atomic E-state index is -0.490. The molecule has 0 aliphatic carbocycles. The van der Waals surface area contributed by atoms with Gasteiger partial charge in [0.15, 0.2) is 0 Å². The van der Waals surface area contributed by atoms with Gasteiger partial charge in [-0.3, -0.25) is 14.6 Å². The average molecular weight is 444 g/mol. The lowest BCUT2D eigenvalue weighted by Gasteiger charge is -2.39. The van der Waals surface area contributed by atoms with Gasteiger partial charge in [-0.15, -0.1) is 0 Å². The molecule has 0 spiro atoms. The SMILES string of the molecule is COc1ccc(CCC(=O)N2CCN(C)C(=O)[C@@H]2Cc2cccc(-c3cccnc3)c2)cc1. The summed E-state index contributed by atoms with van der Waals surface area (Å²) in [5, 5.41) is 0. The van der Waals surface area contributed by atoms with E-state index in [0.29, 0.717) is 32.4 Å². The Morgan fingerprint density at radius 2 is 1.82 bits per heavy atom. The molecule has 0 radical (unpaired) electrons. The topological polar surface area (TPSA) is 62.7 Å². The molecule has 0 unspecified atom stereocenters. The monoisotopic (exact) mass is 443 g/mol. The van der Waals surface area contributed by atoms with E-state index in [4.69, 9.17) is 4.74 Å². The zero-order chi connectivity index (χ0) is 23.2. The second kappa shape index (κ2) is 10.3. The van der Waals surface area contributed by atoms with Crippen LogP contribution in [0.5, 0.6) is 5.75 Å². The van der Waals surface area contributed by atoms with Gasteiger partial charge >= 0.3 is 0 Å². The number of piperazine rings is 1. The van der Waals surface area contributed by atoms with Gasteiger partial charge in [-0.1, -0.05) is 42.5 Å². The Labute approximate surface area is 194 Å². The summed E-state index contributed by atoms with van der Waals surface area (Å²) in [6, 6.07) is 19.3. The van der Waals surface area contributed by atoms with Crippen LogP contribution >= 0.6 is 0 Å². The lowest BCUT2D eigenvalue weighted by Crippen LogP contribution is -2.58. The highest BCUT2D eigenvalue weighted by Crippen LogP contribution is 2.23. The highest BCUT2D eigenvalue weighted by Gasteiger charge is 2.35. The molecule has 3 aromatic rings. The van der Waals surface area contributed by atoms with Crippen molar-refractivity contribution in [3.05, 3.63) is 84.2 Å². The Balaban J connectivity index is 1.48.